The van der Waals surface area contributed by atoms with E-state index >= 15 is 0 Å². The van der Waals surface area contributed by atoms with Gasteiger partial charge in [0.05, 0.1) is 17.6 Å². The lowest BCUT2D eigenvalue weighted by Gasteiger charge is -2.09. The van der Waals surface area contributed by atoms with Gasteiger partial charge in [-0.15, -0.1) is 0 Å². The van der Waals surface area contributed by atoms with Gasteiger partial charge in [-0.3, -0.25) is 4.72 Å². The summed E-state index contributed by atoms with van der Waals surface area (Å²) < 4.78 is 32.1. The topological polar surface area (TPSA) is 88.3 Å². The van der Waals surface area contributed by atoms with Crippen molar-refractivity contribution < 1.29 is 17.9 Å². The molecular weight excluding hydrogens is 328 g/mol. The lowest BCUT2D eigenvalue weighted by Crippen LogP contribution is -2.13. The summed E-state index contributed by atoms with van der Waals surface area (Å²) in [6.07, 6.45) is 0. The van der Waals surface area contributed by atoms with Crippen LogP contribution in [0.5, 0.6) is 0 Å². The van der Waals surface area contributed by atoms with Crippen molar-refractivity contribution >= 4 is 32.6 Å². The van der Waals surface area contributed by atoms with Gasteiger partial charge >= 0.3 is 5.97 Å². The number of carbonyl (C=O) groups excluding carboxylic acids is 1. The fraction of sp³-hybridized carbons (Fsp3) is 0.118. The van der Waals surface area contributed by atoms with Gasteiger partial charge in [-0.1, -0.05) is 0 Å². The normalized spacial score (nSPS) is 11.4. The zero-order chi connectivity index (χ0) is 17.3. The largest absolute Gasteiger partial charge is 0.465 e. The Bertz CT molecular complexity index is 1000. The number of anilines is 1. The Morgan fingerprint density at radius 2 is 1.79 bits per heavy atom. The monoisotopic (exact) mass is 344 g/mol. The Balaban J connectivity index is 1.87. The van der Waals surface area contributed by atoms with Crippen LogP contribution >= 0.6 is 0 Å². The number of fused-ring (bicyclic) bond motifs is 1. The first-order chi connectivity index (χ1) is 11.4. The van der Waals surface area contributed by atoms with E-state index in [1.54, 1.807) is 12.1 Å². The van der Waals surface area contributed by atoms with Crippen molar-refractivity contribution in [3.05, 3.63) is 59.8 Å². The fourth-order valence-corrected chi connectivity index (χ4v) is 3.49. The van der Waals surface area contributed by atoms with Crippen LogP contribution in [0.3, 0.4) is 0 Å². The second-order valence-corrected chi connectivity index (χ2v) is 7.06. The second-order valence-electron chi connectivity index (χ2n) is 5.38. The van der Waals surface area contributed by atoms with Gasteiger partial charge in [0, 0.05) is 22.3 Å². The molecule has 0 aliphatic carbocycles. The maximum Gasteiger partial charge on any atom is 0.337 e. The number of carbonyl (C=O) groups is 1. The van der Waals surface area contributed by atoms with Crippen LogP contribution in [0.2, 0.25) is 0 Å². The number of aryl methyl sites for hydroxylation is 1. The highest BCUT2D eigenvalue weighted by Crippen LogP contribution is 2.22. The van der Waals surface area contributed by atoms with Gasteiger partial charge in [0.1, 0.15) is 0 Å². The molecular formula is C17H16N2O4S. The third-order valence-electron chi connectivity index (χ3n) is 3.59. The van der Waals surface area contributed by atoms with Gasteiger partial charge < -0.3 is 9.72 Å². The average molecular weight is 344 g/mol. The molecule has 1 aromatic heterocycles. The quantitative estimate of drug-likeness (QED) is 0.712. The molecule has 0 atom stereocenters. The molecule has 0 saturated heterocycles. The lowest BCUT2D eigenvalue weighted by atomic mass is 10.2. The van der Waals surface area contributed by atoms with Crippen molar-refractivity contribution in [1.29, 1.82) is 0 Å². The minimum absolute atomic E-state index is 0.0699. The van der Waals surface area contributed by atoms with Gasteiger partial charge in [-0.05, 0) is 55.5 Å². The van der Waals surface area contributed by atoms with E-state index in [9.17, 15) is 13.2 Å². The number of rotatable bonds is 4. The van der Waals surface area contributed by atoms with Crippen LogP contribution < -0.4 is 4.72 Å². The van der Waals surface area contributed by atoms with Gasteiger partial charge in [0.15, 0.2) is 0 Å². The maximum absolute atomic E-state index is 12.5. The van der Waals surface area contributed by atoms with Gasteiger partial charge in [-0.25, -0.2) is 13.2 Å². The number of aromatic amines is 1. The van der Waals surface area contributed by atoms with E-state index in [4.69, 9.17) is 0 Å². The van der Waals surface area contributed by atoms with E-state index in [-0.39, 0.29) is 4.90 Å². The van der Waals surface area contributed by atoms with Crippen LogP contribution in [-0.4, -0.2) is 26.5 Å². The first-order valence-electron chi connectivity index (χ1n) is 7.19. The summed E-state index contributed by atoms with van der Waals surface area (Å²) in [6.45, 7) is 1.94. The maximum atomic E-state index is 12.5. The first kappa shape index (κ1) is 16.1. The molecule has 0 bridgehead atoms. The van der Waals surface area contributed by atoms with Crippen molar-refractivity contribution in [3.63, 3.8) is 0 Å². The summed E-state index contributed by atoms with van der Waals surface area (Å²) in [5.41, 5.74) is 2.71. The van der Waals surface area contributed by atoms with Crippen LogP contribution in [0.15, 0.2) is 53.4 Å². The van der Waals surface area contributed by atoms with Crippen molar-refractivity contribution in [2.75, 3.05) is 11.8 Å². The first-order valence-corrected chi connectivity index (χ1v) is 8.68. The molecule has 3 aromatic rings. The van der Waals surface area contributed by atoms with E-state index < -0.39 is 16.0 Å². The minimum atomic E-state index is -3.74. The summed E-state index contributed by atoms with van der Waals surface area (Å²) in [6, 6.07) is 12.8. The molecule has 2 N–H and O–H groups in total. The van der Waals surface area contributed by atoms with E-state index in [2.05, 4.69) is 14.4 Å². The van der Waals surface area contributed by atoms with Gasteiger partial charge in [0.2, 0.25) is 0 Å². The number of hydrogen-bond acceptors (Lipinski definition) is 4. The van der Waals surface area contributed by atoms with Crippen LogP contribution in [-0.2, 0) is 14.8 Å². The molecule has 0 saturated carbocycles. The molecule has 3 rings (SSSR count). The molecule has 6 nitrogen and oxygen atoms in total. The molecule has 0 spiro atoms. The Kier molecular flexibility index (Phi) is 4.02. The summed E-state index contributed by atoms with van der Waals surface area (Å²) in [7, 11) is -2.47. The molecule has 0 fully saturated rings. The molecule has 2 aromatic carbocycles. The highest BCUT2D eigenvalue weighted by Gasteiger charge is 2.15. The third kappa shape index (κ3) is 3.11. The highest BCUT2D eigenvalue weighted by molar-refractivity contribution is 7.92. The Morgan fingerprint density at radius 1 is 1.08 bits per heavy atom. The van der Waals surface area contributed by atoms with Crippen LogP contribution in [0.25, 0.3) is 10.9 Å². The molecule has 0 aliphatic rings. The average Bonchev–Trinajstić information content (AvgIpc) is 2.93. The van der Waals surface area contributed by atoms with E-state index in [1.165, 1.54) is 31.4 Å². The lowest BCUT2D eigenvalue weighted by molar-refractivity contribution is 0.0600. The van der Waals surface area contributed by atoms with Gasteiger partial charge in [-0.2, -0.15) is 0 Å². The van der Waals surface area contributed by atoms with E-state index in [0.29, 0.717) is 11.3 Å². The Labute approximate surface area is 139 Å². The Morgan fingerprint density at radius 3 is 2.46 bits per heavy atom. The van der Waals surface area contributed by atoms with Crippen LogP contribution in [0.4, 0.5) is 5.69 Å². The minimum Gasteiger partial charge on any atom is -0.465 e. The van der Waals surface area contributed by atoms with Crippen LogP contribution in [0.1, 0.15) is 16.1 Å². The molecule has 0 amide bonds. The number of H-pyrrole nitrogens is 1. The van der Waals surface area contributed by atoms with Crippen molar-refractivity contribution in [2.24, 2.45) is 0 Å². The van der Waals surface area contributed by atoms with E-state index in [1.807, 2.05) is 19.1 Å². The molecule has 0 unspecified atom stereocenters. The van der Waals surface area contributed by atoms with Gasteiger partial charge in [0.25, 0.3) is 10.0 Å². The number of ether oxygens (including phenoxy) is 1. The van der Waals surface area contributed by atoms with Crippen molar-refractivity contribution in [2.45, 2.75) is 11.8 Å². The number of methoxy groups -OCH3 is 1. The fourth-order valence-electron chi connectivity index (χ4n) is 2.44. The summed E-state index contributed by atoms with van der Waals surface area (Å²) in [4.78, 5) is 14.7. The molecule has 7 heteroatoms. The molecule has 1 heterocycles. The molecule has 24 heavy (non-hydrogen) atoms. The van der Waals surface area contributed by atoms with Crippen molar-refractivity contribution in [3.8, 4) is 0 Å². The molecule has 0 aliphatic heterocycles. The number of esters is 1. The zero-order valence-electron chi connectivity index (χ0n) is 13.2. The van der Waals surface area contributed by atoms with Crippen molar-refractivity contribution in [1.82, 2.24) is 4.98 Å². The number of hydrogen-bond donors (Lipinski definition) is 2. The smallest absolute Gasteiger partial charge is 0.337 e. The third-order valence-corrected chi connectivity index (χ3v) is 4.99. The Hall–Kier alpha value is -2.80. The predicted octanol–water partition coefficient (Wildman–Crippen LogP) is 3.06. The SMILES string of the molecule is COC(=O)c1ccc(S(=O)(=O)Nc2ccc3[nH]c(C)cc3c2)cc1. The van der Waals surface area contributed by atoms with Crippen LogP contribution in [0, 0.1) is 6.92 Å². The number of nitrogens with one attached hydrogen (secondary N) is 2. The number of benzene rings is 2. The molecule has 0 radical (unpaired) electrons. The van der Waals surface area contributed by atoms with E-state index in [0.717, 1.165) is 16.6 Å². The summed E-state index contributed by atoms with van der Waals surface area (Å²) in [5, 5.41) is 0.925. The summed E-state index contributed by atoms with van der Waals surface area (Å²) >= 11 is 0. The second kappa shape index (κ2) is 6.01. The highest BCUT2D eigenvalue weighted by atomic mass is 32.2. The summed E-state index contributed by atoms with van der Waals surface area (Å²) in [5.74, 6) is -0.514. The standard InChI is InChI=1S/C17H16N2O4S/c1-11-9-13-10-14(5-8-16(13)18-11)19-24(21,22)15-6-3-12(4-7-15)17(20)23-2/h3-10,18-19H,1-2H3. The number of aromatic nitrogens is 1. The zero-order valence-corrected chi connectivity index (χ0v) is 14.0. The molecule has 124 valence electrons. The predicted molar refractivity (Wildman–Crippen MR) is 91.6 cm³/mol. The number of sulfonamides is 1.